The topological polar surface area (TPSA) is 47.3 Å². The summed E-state index contributed by atoms with van der Waals surface area (Å²) in [7, 11) is 1.67. The minimum atomic E-state index is -0.370. The van der Waals surface area contributed by atoms with Crippen molar-refractivity contribution >= 4 is 11.6 Å². The van der Waals surface area contributed by atoms with E-state index >= 15 is 0 Å². The van der Waals surface area contributed by atoms with Crippen LogP contribution in [0.2, 0.25) is 5.02 Å². The molecule has 5 heteroatoms. The van der Waals surface area contributed by atoms with Gasteiger partial charge in [0.2, 0.25) is 0 Å². The van der Waals surface area contributed by atoms with Gasteiger partial charge in [0, 0.05) is 7.11 Å². The molecule has 2 atom stereocenters. The summed E-state index contributed by atoms with van der Waals surface area (Å²) >= 11 is 5.77. The van der Waals surface area contributed by atoms with Gasteiger partial charge in [-0.3, -0.25) is 11.3 Å². The molecule has 3 nitrogen and oxygen atoms in total. The Balaban J connectivity index is 2.11. The van der Waals surface area contributed by atoms with Crippen LogP contribution < -0.4 is 11.3 Å². The van der Waals surface area contributed by atoms with E-state index in [1.165, 1.54) is 0 Å². The van der Waals surface area contributed by atoms with Gasteiger partial charge < -0.3 is 4.74 Å². The van der Waals surface area contributed by atoms with E-state index in [2.05, 4.69) is 5.43 Å². The van der Waals surface area contributed by atoms with Crippen molar-refractivity contribution < 1.29 is 9.13 Å². The van der Waals surface area contributed by atoms with Crippen LogP contribution >= 0.6 is 11.6 Å². The maximum absolute atomic E-state index is 13.8. The Hall–Kier alpha value is -0.680. The lowest BCUT2D eigenvalue weighted by molar-refractivity contribution is 0.0508. The molecule has 18 heavy (non-hydrogen) atoms. The fourth-order valence-corrected chi connectivity index (χ4v) is 2.52. The second kappa shape index (κ2) is 5.97. The number of rotatable bonds is 6. The molecule has 0 saturated heterocycles. The van der Waals surface area contributed by atoms with Gasteiger partial charge in [0.25, 0.3) is 0 Å². The van der Waals surface area contributed by atoms with Crippen molar-refractivity contribution in [3.8, 4) is 0 Å². The summed E-state index contributed by atoms with van der Waals surface area (Å²) in [6, 6.07) is 4.91. The van der Waals surface area contributed by atoms with E-state index < -0.39 is 0 Å². The van der Waals surface area contributed by atoms with Crippen LogP contribution in [0.1, 0.15) is 18.4 Å². The normalized spacial score (nSPS) is 18.7. The van der Waals surface area contributed by atoms with Gasteiger partial charge in [0.15, 0.2) is 0 Å². The van der Waals surface area contributed by atoms with Gasteiger partial charge in [0.05, 0.1) is 17.2 Å². The van der Waals surface area contributed by atoms with Crippen molar-refractivity contribution in [1.82, 2.24) is 5.43 Å². The molecule has 2 unspecified atom stereocenters. The highest BCUT2D eigenvalue weighted by molar-refractivity contribution is 6.30. The third-order valence-corrected chi connectivity index (χ3v) is 3.73. The summed E-state index contributed by atoms with van der Waals surface area (Å²) in [4.78, 5) is 0. The molecule has 0 aromatic heterocycles. The third kappa shape index (κ3) is 3.01. The number of benzene rings is 1. The van der Waals surface area contributed by atoms with Crippen molar-refractivity contribution in [2.45, 2.75) is 31.4 Å². The Labute approximate surface area is 111 Å². The van der Waals surface area contributed by atoms with E-state index in [1.807, 2.05) is 0 Å². The minimum absolute atomic E-state index is 0.0216. The molecule has 1 aromatic carbocycles. The molecule has 0 heterocycles. The molecule has 1 aromatic rings. The second-order valence-electron chi connectivity index (χ2n) is 4.73. The Kier molecular flexibility index (Phi) is 4.56. The SMILES string of the molecule is COC(C1CC1)C(Cc1cccc(Cl)c1F)NN. The number of halogens is 2. The monoisotopic (exact) mass is 272 g/mol. The lowest BCUT2D eigenvalue weighted by atomic mass is 9.98. The molecule has 0 amide bonds. The third-order valence-electron chi connectivity index (χ3n) is 3.44. The molecular formula is C13H18ClFN2O. The molecule has 1 aliphatic carbocycles. The number of nitrogens with one attached hydrogen (secondary N) is 1. The van der Waals surface area contributed by atoms with Gasteiger partial charge in [0.1, 0.15) is 5.82 Å². The zero-order chi connectivity index (χ0) is 13.1. The zero-order valence-electron chi connectivity index (χ0n) is 10.3. The van der Waals surface area contributed by atoms with Crippen LogP contribution in [-0.4, -0.2) is 19.3 Å². The molecule has 1 fully saturated rings. The summed E-state index contributed by atoms with van der Waals surface area (Å²) in [5.74, 6) is 5.72. The molecule has 0 spiro atoms. The average Bonchev–Trinajstić information content (AvgIpc) is 3.18. The molecule has 0 aliphatic heterocycles. The Morgan fingerprint density at radius 2 is 2.28 bits per heavy atom. The number of methoxy groups -OCH3 is 1. The van der Waals surface area contributed by atoms with Crippen molar-refractivity contribution in [2.75, 3.05) is 7.11 Å². The first-order valence-corrected chi connectivity index (χ1v) is 6.47. The Bertz CT molecular complexity index is 412. The van der Waals surface area contributed by atoms with Crippen LogP contribution in [0.5, 0.6) is 0 Å². The van der Waals surface area contributed by atoms with Gasteiger partial charge in [-0.2, -0.15) is 0 Å². The summed E-state index contributed by atoms with van der Waals surface area (Å²) < 4.78 is 19.3. The van der Waals surface area contributed by atoms with Crippen molar-refractivity contribution in [3.05, 3.63) is 34.6 Å². The van der Waals surface area contributed by atoms with E-state index in [0.717, 1.165) is 12.8 Å². The zero-order valence-corrected chi connectivity index (χ0v) is 11.1. The van der Waals surface area contributed by atoms with Gasteiger partial charge in [-0.25, -0.2) is 4.39 Å². The van der Waals surface area contributed by atoms with Crippen LogP contribution in [0.4, 0.5) is 4.39 Å². The van der Waals surface area contributed by atoms with Crippen molar-refractivity contribution in [2.24, 2.45) is 11.8 Å². The second-order valence-corrected chi connectivity index (χ2v) is 5.14. The lowest BCUT2D eigenvalue weighted by Crippen LogP contribution is -2.47. The predicted octanol–water partition coefficient (Wildman–Crippen LogP) is 2.28. The molecule has 2 rings (SSSR count). The first-order chi connectivity index (χ1) is 8.67. The maximum Gasteiger partial charge on any atom is 0.145 e. The minimum Gasteiger partial charge on any atom is -0.379 e. The smallest absolute Gasteiger partial charge is 0.145 e. The summed E-state index contributed by atoms with van der Waals surface area (Å²) in [6.07, 6.45) is 2.79. The number of hydrogen-bond donors (Lipinski definition) is 2. The van der Waals surface area contributed by atoms with Gasteiger partial charge in [-0.1, -0.05) is 23.7 Å². The molecule has 1 saturated carbocycles. The van der Waals surface area contributed by atoms with Crippen LogP contribution in [0.15, 0.2) is 18.2 Å². The highest BCUT2D eigenvalue weighted by Gasteiger charge is 2.36. The predicted molar refractivity (Wildman–Crippen MR) is 69.7 cm³/mol. The van der Waals surface area contributed by atoms with Crippen LogP contribution in [-0.2, 0) is 11.2 Å². The molecule has 0 radical (unpaired) electrons. The summed E-state index contributed by atoms with van der Waals surface area (Å²) in [5, 5.41) is 0.142. The van der Waals surface area contributed by atoms with E-state index in [0.29, 0.717) is 17.9 Å². The van der Waals surface area contributed by atoms with E-state index in [9.17, 15) is 4.39 Å². The quantitative estimate of drug-likeness (QED) is 0.617. The number of hydrazine groups is 1. The first kappa shape index (κ1) is 13.7. The Morgan fingerprint density at radius 3 is 2.83 bits per heavy atom. The molecule has 1 aliphatic rings. The highest BCUT2D eigenvalue weighted by atomic mass is 35.5. The number of hydrogen-bond acceptors (Lipinski definition) is 3. The van der Waals surface area contributed by atoms with E-state index in [-0.39, 0.29) is 23.0 Å². The molecule has 100 valence electrons. The average molecular weight is 273 g/mol. The largest absolute Gasteiger partial charge is 0.379 e. The molecule has 3 N–H and O–H groups in total. The highest BCUT2D eigenvalue weighted by Crippen LogP contribution is 2.36. The standard InChI is InChI=1S/C13H18ClFN2O/c1-18-13(8-5-6-8)11(17-16)7-9-3-2-4-10(14)12(9)15/h2-4,8,11,13,17H,5-7,16H2,1H3. The van der Waals surface area contributed by atoms with Crippen molar-refractivity contribution in [3.63, 3.8) is 0 Å². The number of ether oxygens (including phenoxy) is 1. The fraction of sp³-hybridized carbons (Fsp3) is 0.538. The maximum atomic E-state index is 13.8. The van der Waals surface area contributed by atoms with Gasteiger partial charge in [-0.15, -0.1) is 0 Å². The van der Waals surface area contributed by atoms with Crippen LogP contribution in [0.25, 0.3) is 0 Å². The molecule has 0 bridgehead atoms. The van der Waals surface area contributed by atoms with Gasteiger partial charge >= 0.3 is 0 Å². The first-order valence-electron chi connectivity index (χ1n) is 6.09. The van der Waals surface area contributed by atoms with E-state index in [4.69, 9.17) is 22.2 Å². The molecular weight excluding hydrogens is 255 g/mol. The fourth-order valence-electron chi connectivity index (χ4n) is 2.32. The van der Waals surface area contributed by atoms with Crippen molar-refractivity contribution in [1.29, 1.82) is 0 Å². The lowest BCUT2D eigenvalue weighted by Gasteiger charge is -2.25. The number of nitrogens with two attached hydrogens (primary N) is 1. The van der Waals surface area contributed by atoms with Crippen LogP contribution in [0, 0.1) is 11.7 Å². The Morgan fingerprint density at radius 1 is 1.56 bits per heavy atom. The van der Waals surface area contributed by atoms with Gasteiger partial charge in [-0.05, 0) is 36.8 Å². The van der Waals surface area contributed by atoms with E-state index in [1.54, 1.807) is 25.3 Å². The summed E-state index contributed by atoms with van der Waals surface area (Å²) in [5.41, 5.74) is 3.30. The van der Waals surface area contributed by atoms with Crippen LogP contribution in [0.3, 0.4) is 0 Å². The summed E-state index contributed by atoms with van der Waals surface area (Å²) in [6.45, 7) is 0.